The van der Waals surface area contributed by atoms with Crippen molar-refractivity contribution in [2.75, 3.05) is 39.4 Å². The van der Waals surface area contributed by atoms with Gasteiger partial charge in [-0.3, -0.25) is 9.69 Å². The fraction of sp³-hybridized carbons (Fsp3) is 0.353. The van der Waals surface area contributed by atoms with Gasteiger partial charge in [0.1, 0.15) is 0 Å². The third kappa shape index (κ3) is 4.54. The Hall–Kier alpha value is -1.40. The van der Waals surface area contributed by atoms with E-state index >= 15 is 0 Å². The van der Waals surface area contributed by atoms with E-state index < -0.39 is 0 Å². The minimum Gasteiger partial charge on any atom is -0.379 e. The number of benzene rings is 1. The molecule has 6 heteroatoms. The summed E-state index contributed by atoms with van der Waals surface area (Å²) in [5, 5.41) is 5.60. The Morgan fingerprint density at radius 3 is 2.74 bits per heavy atom. The highest BCUT2D eigenvalue weighted by Gasteiger charge is 2.12. The van der Waals surface area contributed by atoms with Crippen molar-refractivity contribution in [3.63, 3.8) is 0 Å². The lowest BCUT2D eigenvalue weighted by atomic mass is 10.1. The molecule has 0 unspecified atom stereocenters. The molecule has 2 heterocycles. The number of carbonyl (C=O) groups is 1. The van der Waals surface area contributed by atoms with Gasteiger partial charge in [-0.05, 0) is 23.8 Å². The van der Waals surface area contributed by atoms with Crippen LogP contribution >= 0.6 is 22.9 Å². The Balaban J connectivity index is 1.52. The molecule has 1 aliphatic heterocycles. The summed E-state index contributed by atoms with van der Waals surface area (Å²) < 4.78 is 5.31. The van der Waals surface area contributed by atoms with Crippen molar-refractivity contribution in [2.45, 2.75) is 0 Å². The zero-order valence-corrected chi connectivity index (χ0v) is 14.3. The first-order valence-corrected chi connectivity index (χ1v) is 8.91. The quantitative estimate of drug-likeness (QED) is 0.900. The summed E-state index contributed by atoms with van der Waals surface area (Å²) >= 11 is 7.47. The highest BCUT2D eigenvalue weighted by atomic mass is 35.5. The van der Waals surface area contributed by atoms with Crippen LogP contribution in [0.4, 0.5) is 0 Å². The lowest BCUT2D eigenvalue weighted by molar-refractivity contribution is 0.0383. The predicted molar refractivity (Wildman–Crippen MR) is 94.4 cm³/mol. The van der Waals surface area contributed by atoms with Crippen LogP contribution in [0.15, 0.2) is 35.7 Å². The van der Waals surface area contributed by atoms with Crippen molar-refractivity contribution in [2.24, 2.45) is 0 Å². The number of nitrogens with one attached hydrogen (secondary N) is 1. The molecule has 0 spiro atoms. The van der Waals surface area contributed by atoms with E-state index in [-0.39, 0.29) is 5.91 Å². The lowest BCUT2D eigenvalue weighted by Gasteiger charge is -2.26. The Morgan fingerprint density at radius 2 is 2.00 bits per heavy atom. The summed E-state index contributed by atoms with van der Waals surface area (Å²) in [4.78, 5) is 15.6. The second-order valence-electron chi connectivity index (χ2n) is 5.42. The summed E-state index contributed by atoms with van der Waals surface area (Å²) in [6, 6.07) is 9.58. The summed E-state index contributed by atoms with van der Waals surface area (Å²) in [5.74, 6) is -0.0188. The minimum absolute atomic E-state index is 0.0188. The molecule has 1 fully saturated rings. The van der Waals surface area contributed by atoms with Crippen LogP contribution in [-0.2, 0) is 4.74 Å². The molecule has 3 rings (SSSR count). The zero-order valence-electron chi connectivity index (χ0n) is 12.8. The molecule has 0 saturated carbocycles. The first kappa shape index (κ1) is 16.5. The number of rotatable bonds is 5. The fourth-order valence-electron chi connectivity index (χ4n) is 2.48. The Bertz CT molecular complexity index is 651. The van der Waals surface area contributed by atoms with Gasteiger partial charge in [0.05, 0.1) is 18.8 Å². The first-order valence-electron chi connectivity index (χ1n) is 7.65. The average Bonchev–Trinajstić information content (AvgIpc) is 3.06. The number of carbonyl (C=O) groups excluding carboxylic acids is 1. The van der Waals surface area contributed by atoms with E-state index in [1.165, 1.54) is 0 Å². The summed E-state index contributed by atoms with van der Waals surface area (Å²) in [6.07, 6.45) is 0. The maximum Gasteiger partial charge on any atom is 0.252 e. The van der Waals surface area contributed by atoms with Crippen LogP contribution in [0, 0.1) is 0 Å². The molecule has 122 valence electrons. The number of halogens is 1. The number of morpholine rings is 1. The average molecular weight is 351 g/mol. The molecule has 0 bridgehead atoms. The highest BCUT2D eigenvalue weighted by Crippen LogP contribution is 2.28. The number of ether oxygens (including phenoxy) is 1. The van der Waals surface area contributed by atoms with E-state index in [2.05, 4.69) is 10.2 Å². The van der Waals surface area contributed by atoms with Gasteiger partial charge in [0, 0.05) is 41.5 Å². The third-order valence-electron chi connectivity index (χ3n) is 3.81. The van der Waals surface area contributed by atoms with Crippen LogP contribution in [0.25, 0.3) is 10.4 Å². The van der Waals surface area contributed by atoms with E-state index in [4.69, 9.17) is 16.3 Å². The van der Waals surface area contributed by atoms with Crippen LogP contribution < -0.4 is 5.32 Å². The minimum atomic E-state index is -0.0188. The summed E-state index contributed by atoms with van der Waals surface area (Å²) in [7, 11) is 0. The summed E-state index contributed by atoms with van der Waals surface area (Å²) in [6.45, 7) is 4.96. The maximum atomic E-state index is 12.2. The normalized spacial score (nSPS) is 15.5. The highest BCUT2D eigenvalue weighted by molar-refractivity contribution is 7.13. The molecule has 1 aliphatic rings. The number of amides is 1. The van der Waals surface area contributed by atoms with Crippen molar-refractivity contribution in [3.05, 3.63) is 46.3 Å². The standard InChI is InChI=1S/C17H19ClN2O2S/c18-15-3-1-13(2-4-15)16-11-14(12-23-16)17(21)19-5-6-20-7-9-22-10-8-20/h1-4,11-12H,5-10H2,(H,19,21). The van der Waals surface area contributed by atoms with E-state index in [1.54, 1.807) is 11.3 Å². The van der Waals surface area contributed by atoms with Gasteiger partial charge in [-0.15, -0.1) is 11.3 Å². The van der Waals surface area contributed by atoms with Gasteiger partial charge in [0.25, 0.3) is 5.91 Å². The topological polar surface area (TPSA) is 41.6 Å². The summed E-state index contributed by atoms with van der Waals surface area (Å²) in [5.41, 5.74) is 1.79. The monoisotopic (exact) mass is 350 g/mol. The molecule has 23 heavy (non-hydrogen) atoms. The smallest absolute Gasteiger partial charge is 0.252 e. The van der Waals surface area contributed by atoms with Crippen LogP contribution in [0.1, 0.15) is 10.4 Å². The van der Waals surface area contributed by atoms with Gasteiger partial charge in [-0.25, -0.2) is 0 Å². The Kier molecular flexibility index (Phi) is 5.67. The van der Waals surface area contributed by atoms with Crippen molar-refractivity contribution < 1.29 is 9.53 Å². The number of hydrogen-bond donors (Lipinski definition) is 1. The lowest BCUT2D eigenvalue weighted by Crippen LogP contribution is -2.41. The molecule has 0 radical (unpaired) electrons. The molecule has 4 nitrogen and oxygen atoms in total. The SMILES string of the molecule is O=C(NCCN1CCOCC1)c1csc(-c2ccc(Cl)cc2)c1. The predicted octanol–water partition coefficient (Wildman–Crippen LogP) is 3.13. The van der Waals surface area contributed by atoms with Gasteiger partial charge >= 0.3 is 0 Å². The van der Waals surface area contributed by atoms with Crippen molar-refractivity contribution >= 4 is 28.8 Å². The van der Waals surface area contributed by atoms with E-state index in [1.807, 2.05) is 35.7 Å². The third-order valence-corrected chi connectivity index (χ3v) is 5.04. The molecule has 1 amide bonds. The van der Waals surface area contributed by atoms with Gasteiger partial charge in [0.15, 0.2) is 0 Å². The van der Waals surface area contributed by atoms with E-state index in [0.29, 0.717) is 17.1 Å². The van der Waals surface area contributed by atoms with E-state index in [9.17, 15) is 4.79 Å². The molecular weight excluding hydrogens is 332 g/mol. The van der Waals surface area contributed by atoms with Gasteiger partial charge in [-0.2, -0.15) is 0 Å². The van der Waals surface area contributed by atoms with E-state index in [0.717, 1.165) is 43.3 Å². The van der Waals surface area contributed by atoms with Crippen LogP contribution in [0.2, 0.25) is 5.02 Å². The molecule has 1 aromatic heterocycles. The van der Waals surface area contributed by atoms with Crippen molar-refractivity contribution in [1.29, 1.82) is 0 Å². The molecular formula is C17H19ClN2O2S. The van der Waals surface area contributed by atoms with Crippen LogP contribution in [0.5, 0.6) is 0 Å². The Morgan fingerprint density at radius 1 is 1.26 bits per heavy atom. The maximum absolute atomic E-state index is 12.2. The molecule has 1 aromatic carbocycles. The molecule has 1 N–H and O–H groups in total. The second-order valence-corrected chi connectivity index (χ2v) is 6.76. The molecule has 1 saturated heterocycles. The zero-order chi connectivity index (χ0) is 16.1. The number of thiophene rings is 1. The molecule has 0 atom stereocenters. The van der Waals surface area contributed by atoms with Crippen LogP contribution in [0.3, 0.4) is 0 Å². The second kappa shape index (κ2) is 7.93. The van der Waals surface area contributed by atoms with Crippen LogP contribution in [-0.4, -0.2) is 50.2 Å². The number of hydrogen-bond acceptors (Lipinski definition) is 4. The molecule has 0 aliphatic carbocycles. The first-order chi connectivity index (χ1) is 11.2. The molecule has 2 aromatic rings. The van der Waals surface area contributed by atoms with Crippen molar-refractivity contribution in [3.8, 4) is 10.4 Å². The van der Waals surface area contributed by atoms with Crippen molar-refractivity contribution in [1.82, 2.24) is 10.2 Å². The largest absolute Gasteiger partial charge is 0.379 e. The number of nitrogens with zero attached hydrogens (tertiary/aromatic N) is 1. The van der Waals surface area contributed by atoms with Gasteiger partial charge < -0.3 is 10.1 Å². The fourth-order valence-corrected chi connectivity index (χ4v) is 3.50. The van der Waals surface area contributed by atoms with Gasteiger partial charge in [-0.1, -0.05) is 23.7 Å². The Labute approximate surface area is 145 Å². The van der Waals surface area contributed by atoms with Gasteiger partial charge in [0.2, 0.25) is 0 Å².